The Bertz CT molecular complexity index is 75.5. The number of hydrogen-bond donors (Lipinski definition) is 1. The van der Waals surface area contributed by atoms with Gasteiger partial charge in [-0.25, -0.2) is 0 Å². The molecule has 0 bridgehead atoms. The maximum absolute atomic E-state index is 10.7. The molecule has 0 aromatic heterocycles. The number of halogens is 3. The first-order chi connectivity index (χ1) is 3.06. The Balaban J connectivity index is 3.56. The zero-order chi connectivity index (χ0) is 5.91. The van der Waals surface area contributed by atoms with Crippen molar-refractivity contribution in [1.82, 2.24) is 0 Å². The molecule has 0 aliphatic carbocycles. The highest BCUT2D eigenvalue weighted by Gasteiger charge is 2.25. The van der Waals surface area contributed by atoms with Gasteiger partial charge in [0.05, 0.1) is 0 Å². The first-order valence-corrected chi connectivity index (χ1v) is 1.24. The zero-order valence-corrected chi connectivity index (χ0v) is 3.03. The lowest BCUT2D eigenvalue weighted by Gasteiger charge is -1.89. The van der Waals surface area contributed by atoms with Crippen LogP contribution in [0.25, 0.3) is 0 Å². The van der Waals surface area contributed by atoms with Crippen molar-refractivity contribution in [2.45, 2.75) is 6.18 Å². The molecule has 0 rings (SSSR count). The molecular formula is C2HF3NO. The van der Waals surface area contributed by atoms with E-state index in [2.05, 4.69) is 0 Å². The van der Waals surface area contributed by atoms with E-state index >= 15 is 0 Å². The molecule has 0 amide bonds. The molecule has 0 saturated carbocycles. The maximum Gasteiger partial charge on any atom is 0.438 e. The monoisotopic (exact) mass is 112 g/mol. The highest BCUT2D eigenvalue weighted by molar-refractivity contribution is 5.62. The summed E-state index contributed by atoms with van der Waals surface area (Å²) >= 11 is 0. The molecule has 5 heteroatoms. The molecule has 0 unspecified atom stereocenters. The molecule has 0 aliphatic heterocycles. The van der Waals surface area contributed by atoms with Gasteiger partial charge in [-0.15, -0.1) is 0 Å². The standard InChI is InChI=1S/C2HF3NO/c3-2(4,5)1-6-7/h7H. The fourth-order valence-corrected chi connectivity index (χ4v) is 0.0567. The Morgan fingerprint density at radius 2 is 1.86 bits per heavy atom. The Morgan fingerprint density at radius 3 is 1.86 bits per heavy atom. The minimum atomic E-state index is -4.62. The van der Waals surface area contributed by atoms with Crippen LogP contribution in [0.15, 0.2) is 5.16 Å². The fraction of sp³-hybridized carbons (Fsp3) is 0.500. The van der Waals surface area contributed by atoms with Crippen LogP contribution in [0.1, 0.15) is 0 Å². The van der Waals surface area contributed by atoms with E-state index in [-0.39, 0.29) is 0 Å². The summed E-state index contributed by atoms with van der Waals surface area (Å²) < 4.78 is 32.1. The summed E-state index contributed by atoms with van der Waals surface area (Å²) in [5.41, 5.74) is 0. The SMILES string of the molecule is O/N=[C]\C(F)(F)F. The molecule has 0 fully saturated rings. The fourth-order valence-electron chi connectivity index (χ4n) is 0.0567. The molecule has 0 aromatic carbocycles. The summed E-state index contributed by atoms with van der Waals surface area (Å²) in [5.74, 6) is 0. The number of hydrogen-bond acceptors (Lipinski definition) is 2. The third-order valence-corrected chi connectivity index (χ3v) is 0.177. The Morgan fingerprint density at radius 1 is 1.43 bits per heavy atom. The Kier molecular flexibility index (Phi) is 1.62. The topological polar surface area (TPSA) is 32.6 Å². The van der Waals surface area contributed by atoms with Crippen LogP contribution in [0, 0.1) is 0 Å². The highest BCUT2D eigenvalue weighted by atomic mass is 19.4. The van der Waals surface area contributed by atoms with E-state index in [1.807, 2.05) is 0 Å². The first-order valence-electron chi connectivity index (χ1n) is 1.24. The van der Waals surface area contributed by atoms with Gasteiger partial charge in [0.25, 0.3) is 0 Å². The van der Waals surface area contributed by atoms with E-state index in [1.165, 1.54) is 0 Å². The normalized spacial score (nSPS) is 13.0. The molecule has 0 spiro atoms. The molecule has 1 N–H and O–H groups in total. The van der Waals surface area contributed by atoms with Crippen molar-refractivity contribution in [3.05, 3.63) is 0 Å². The van der Waals surface area contributed by atoms with Gasteiger partial charge in [0.15, 0.2) is 0 Å². The van der Waals surface area contributed by atoms with E-state index in [4.69, 9.17) is 5.21 Å². The van der Waals surface area contributed by atoms with Crippen LogP contribution >= 0.6 is 0 Å². The first kappa shape index (κ1) is 6.26. The molecule has 2 nitrogen and oxygen atoms in total. The van der Waals surface area contributed by atoms with Crippen molar-refractivity contribution in [2.75, 3.05) is 0 Å². The molecule has 0 aromatic rings. The van der Waals surface area contributed by atoms with Crippen molar-refractivity contribution in [1.29, 1.82) is 0 Å². The maximum atomic E-state index is 10.7. The third kappa shape index (κ3) is 5.26. The van der Waals surface area contributed by atoms with Crippen molar-refractivity contribution < 1.29 is 18.4 Å². The van der Waals surface area contributed by atoms with Gasteiger partial charge < -0.3 is 5.21 Å². The van der Waals surface area contributed by atoms with Crippen LogP contribution in [-0.4, -0.2) is 17.6 Å². The summed E-state index contributed by atoms with van der Waals surface area (Å²) in [6.45, 7) is 0. The molecule has 41 valence electrons. The third-order valence-electron chi connectivity index (χ3n) is 0.177. The van der Waals surface area contributed by atoms with E-state index in [1.54, 1.807) is 5.16 Å². The predicted octanol–water partition coefficient (Wildman–Crippen LogP) is 0.886. The van der Waals surface area contributed by atoms with Gasteiger partial charge in [-0.1, -0.05) is 5.16 Å². The average molecular weight is 112 g/mol. The molecule has 1 radical (unpaired) electrons. The van der Waals surface area contributed by atoms with Gasteiger partial charge in [-0.2, -0.15) is 13.2 Å². The van der Waals surface area contributed by atoms with E-state index in [0.717, 1.165) is 0 Å². The van der Waals surface area contributed by atoms with Crippen molar-refractivity contribution in [3.63, 3.8) is 0 Å². The largest absolute Gasteiger partial charge is 0.438 e. The average Bonchev–Trinajstić information content (AvgIpc) is 1.30. The van der Waals surface area contributed by atoms with Crippen LogP contribution in [0.3, 0.4) is 0 Å². The zero-order valence-electron chi connectivity index (χ0n) is 3.03. The van der Waals surface area contributed by atoms with Crippen LogP contribution in [0.2, 0.25) is 0 Å². The van der Waals surface area contributed by atoms with Gasteiger partial charge in [-0.05, 0) is 0 Å². The molecule has 7 heavy (non-hydrogen) atoms. The Labute approximate surface area is 37.2 Å². The van der Waals surface area contributed by atoms with Gasteiger partial charge in [0.1, 0.15) is 0 Å². The molecule has 0 saturated heterocycles. The Hall–Kier alpha value is -0.740. The highest BCUT2D eigenvalue weighted by Crippen LogP contribution is 2.09. The van der Waals surface area contributed by atoms with Crippen LogP contribution in [0.5, 0.6) is 0 Å². The van der Waals surface area contributed by atoms with Crippen LogP contribution in [-0.2, 0) is 0 Å². The summed E-state index contributed by atoms with van der Waals surface area (Å²) in [7, 11) is 0. The second-order valence-corrected chi connectivity index (χ2v) is 0.710. The molecule has 0 atom stereocenters. The van der Waals surface area contributed by atoms with Crippen molar-refractivity contribution in [2.24, 2.45) is 5.16 Å². The quantitative estimate of drug-likeness (QED) is 0.281. The van der Waals surface area contributed by atoms with Crippen LogP contribution < -0.4 is 0 Å². The van der Waals surface area contributed by atoms with Gasteiger partial charge in [-0.3, -0.25) is 0 Å². The van der Waals surface area contributed by atoms with Gasteiger partial charge in [0, 0.05) is 0 Å². The number of nitrogens with zero attached hydrogens (tertiary/aromatic N) is 1. The summed E-state index contributed by atoms with van der Waals surface area (Å²) in [6.07, 6.45) is -4.15. The summed E-state index contributed by atoms with van der Waals surface area (Å²) in [4.78, 5) is 0. The molecular weight excluding hydrogens is 111 g/mol. The predicted molar refractivity (Wildman–Crippen MR) is 15.3 cm³/mol. The smallest absolute Gasteiger partial charge is 0.410 e. The molecule has 0 heterocycles. The minimum absolute atomic E-state index is 0.465. The van der Waals surface area contributed by atoms with E-state index < -0.39 is 6.18 Å². The lowest BCUT2D eigenvalue weighted by atomic mass is 10.7. The summed E-state index contributed by atoms with van der Waals surface area (Å²) in [6, 6.07) is 0. The van der Waals surface area contributed by atoms with Gasteiger partial charge >= 0.3 is 6.18 Å². The van der Waals surface area contributed by atoms with Crippen molar-refractivity contribution >= 4 is 6.21 Å². The second-order valence-electron chi connectivity index (χ2n) is 0.710. The van der Waals surface area contributed by atoms with Gasteiger partial charge in [0.2, 0.25) is 6.21 Å². The second kappa shape index (κ2) is 1.81. The van der Waals surface area contributed by atoms with E-state index in [9.17, 15) is 13.2 Å². The molecule has 0 aliphatic rings. The number of rotatable bonds is 0. The summed E-state index contributed by atoms with van der Waals surface area (Å²) in [5, 5.41) is 8.83. The van der Waals surface area contributed by atoms with E-state index in [0.29, 0.717) is 6.21 Å². The lowest BCUT2D eigenvalue weighted by molar-refractivity contribution is -0.0553. The van der Waals surface area contributed by atoms with Crippen LogP contribution in [0.4, 0.5) is 13.2 Å². The van der Waals surface area contributed by atoms with Crippen molar-refractivity contribution in [3.8, 4) is 0 Å². The minimum Gasteiger partial charge on any atom is -0.410 e. The number of alkyl halides is 3. The lowest BCUT2D eigenvalue weighted by Crippen LogP contribution is -2.07.